The van der Waals surface area contributed by atoms with Gasteiger partial charge in [0.15, 0.2) is 0 Å². The lowest BCUT2D eigenvalue weighted by Crippen LogP contribution is -2.35. The molecule has 0 radical (unpaired) electrons. The maximum Gasteiger partial charge on any atom is 0.272 e. The van der Waals surface area contributed by atoms with Crippen LogP contribution in [0.25, 0.3) is 0 Å². The molecule has 1 saturated heterocycles. The molecule has 0 unspecified atom stereocenters. The van der Waals surface area contributed by atoms with Crippen LogP contribution in [-0.4, -0.2) is 52.9 Å². The number of nitrogens with zero attached hydrogens (tertiary/aromatic N) is 4. The standard InChI is InChI=1S/C20H28N4OS/c1-14-7-9-26-19(14)13-24-8-5-6-16(12-24)10-17-11-18(20(25)23(3)4)22-15(2)21-17/h7,9,11,16H,5-6,8,10,12-13H2,1-4H3/t16-/m0/s1. The minimum Gasteiger partial charge on any atom is -0.343 e. The van der Waals surface area contributed by atoms with E-state index in [1.165, 1.54) is 29.8 Å². The smallest absolute Gasteiger partial charge is 0.272 e. The van der Waals surface area contributed by atoms with Crippen molar-refractivity contribution in [2.45, 2.75) is 39.7 Å². The monoisotopic (exact) mass is 372 g/mol. The second-order valence-corrected chi connectivity index (χ2v) is 8.47. The van der Waals surface area contributed by atoms with Crippen molar-refractivity contribution in [2.24, 2.45) is 5.92 Å². The summed E-state index contributed by atoms with van der Waals surface area (Å²) >= 11 is 1.85. The number of thiophene rings is 1. The van der Waals surface area contributed by atoms with Crippen molar-refractivity contribution >= 4 is 17.2 Å². The lowest BCUT2D eigenvalue weighted by atomic mass is 9.93. The highest BCUT2D eigenvalue weighted by atomic mass is 32.1. The van der Waals surface area contributed by atoms with Crippen LogP contribution in [0.2, 0.25) is 0 Å². The van der Waals surface area contributed by atoms with Gasteiger partial charge in [-0.1, -0.05) is 0 Å². The molecule has 26 heavy (non-hydrogen) atoms. The van der Waals surface area contributed by atoms with Gasteiger partial charge in [0.25, 0.3) is 5.91 Å². The number of hydrogen-bond donors (Lipinski definition) is 0. The Kier molecular flexibility index (Phi) is 6.04. The third-order valence-corrected chi connectivity index (χ3v) is 5.96. The molecule has 5 nitrogen and oxygen atoms in total. The molecule has 1 atom stereocenters. The molecule has 1 aliphatic rings. The van der Waals surface area contributed by atoms with Crippen LogP contribution in [0, 0.1) is 19.8 Å². The van der Waals surface area contributed by atoms with E-state index in [-0.39, 0.29) is 5.91 Å². The Bertz CT molecular complexity index is 771. The van der Waals surface area contributed by atoms with Gasteiger partial charge in [-0.15, -0.1) is 11.3 Å². The fourth-order valence-corrected chi connectivity index (χ4v) is 4.55. The summed E-state index contributed by atoms with van der Waals surface area (Å²) in [6.07, 6.45) is 3.36. The summed E-state index contributed by atoms with van der Waals surface area (Å²) in [5, 5.41) is 2.18. The largest absolute Gasteiger partial charge is 0.343 e. The lowest BCUT2D eigenvalue weighted by molar-refractivity contribution is 0.0821. The second-order valence-electron chi connectivity index (χ2n) is 7.47. The molecule has 0 bridgehead atoms. The zero-order valence-corrected chi connectivity index (χ0v) is 17.0. The van der Waals surface area contributed by atoms with Crippen LogP contribution in [0.4, 0.5) is 0 Å². The first-order valence-corrected chi connectivity index (χ1v) is 10.1. The van der Waals surface area contributed by atoms with E-state index in [4.69, 9.17) is 0 Å². The first-order chi connectivity index (χ1) is 12.4. The fourth-order valence-electron chi connectivity index (χ4n) is 3.60. The molecule has 0 saturated carbocycles. The van der Waals surface area contributed by atoms with Gasteiger partial charge in [-0.25, -0.2) is 9.97 Å². The number of hydrogen-bond acceptors (Lipinski definition) is 5. The molecule has 3 rings (SSSR count). The Labute approximate surface area is 160 Å². The zero-order chi connectivity index (χ0) is 18.7. The molecule has 6 heteroatoms. The van der Waals surface area contributed by atoms with Crippen molar-refractivity contribution in [3.8, 4) is 0 Å². The Morgan fingerprint density at radius 3 is 2.85 bits per heavy atom. The van der Waals surface area contributed by atoms with Gasteiger partial charge in [-0.2, -0.15) is 0 Å². The van der Waals surface area contributed by atoms with Gasteiger partial charge in [-0.3, -0.25) is 9.69 Å². The number of rotatable bonds is 5. The fraction of sp³-hybridized carbons (Fsp3) is 0.550. The van der Waals surface area contributed by atoms with E-state index in [1.807, 2.05) is 24.3 Å². The van der Waals surface area contributed by atoms with E-state index in [1.54, 1.807) is 19.0 Å². The van der Waals surface area contributed by atoms with Gasteiger partial charge >= 0.3 is 0 Å². The molecule has 1 aliphatic heterocycles. The molecular weight excluding hydrogens is 344 g/mol. The third kappa shape index (κ3) is 4.68. The average molecular weight is 373 g/mol. The minimum absolute atomic E-state index is 0.0600. The summed E-state index contributed by atoms with van der Waals surface area (Å²) in [7, 11) is 3.51. The first-order valence-electron chi connectivity index (χ1n) is 9.24. The quantitative estimate of drug-likeness (QED) is 0.808. The zero-order valence-electron chi connectivity index (χ0n) is 16.2. The Hall–Kier alpha value is -1.79. The molecule has 0 N–H and O–H groups in total. The highest BCUT2D eigenvalue weighted by Crippen LogP contribution is 2.24. The van der Waals surface area contributed by atoms with Gasteiger partial charge < -0.3 is 4.90 Å². The third-order valence-electron chi connectivity index (χ3n) is 4.95. The Morgan fingerprint density at radius 2 is 2.15 bits per heavy atom. The van der Waals surface area contributed by atoms with Crippen molar-refractivity contribution in [3.05, 3.63) is 45.2 Å². The number of carbonyl (C=O) groups is 1. The van der Waals surface area contributed by atoms with Crippen LogP contribution >= 0.6 is 11.3 Å². The number of piperidine rings is 1. The number of aryl methyl sites for hydroxylation is 2. The summed E-state index contributed by atoms with van der Waals surface area (Å²) < 4.78 is 0. The highest BCUT2D eigenvalue weighted by Gasteiger charge is 2.22. The summed E-state index contributed by atoms with van der Waals surface area (Å²) in [4.78, 5) is 26.7. The van der Waals surface area contributed by atoms with Crippen LogP contribution in [0.15, 0.2) is 17.5 Å². The summed E-state index contributed by atoms with van der Waals surface area (Å²) in [5.74, 6) is 1.20. The van der Waals surface area contributed by atoms with Crippen LogP contribution in [0.5, 0.6) is 0 Å². The normalized spacial score (nSPS) is 18.1. The predicted molar refractivity (Wildman–Crippen MR) is 106 cm³/mol. The molecule has 0 aliphatic carbocycles. The molecule has 1 fully saturated rings. The van der Waals surface area contributed by atoms with Crippen LogP contribution < -0.4 is 0 Å². The molecule has 0 spiro atoms. The Morgan fingerprint density at radius 1 is 1.35 bits per heavy atom. The van der Waals surface area contributed by atoms with Crippen LogP contribution in [0.3, 0.4) is 0 Å². The molecule has 1 amide bonds. The SMILES string of the molecule is Cc1nc(C[C@@H]2CCCN(Cc3sccc3C)C2)cc(C(=O)N(C)C)n1. The van der Waals surface area contributed by atoms with E-state index in [0.29, 0.717) is 17.4 Å². The molecule has 140 valence electrons. The van der Waals surface area contributed by atoms with E-state index in [9.17, 15) is 4.79 Å². The summed E-state index contributed by atoms with van der Waals surface area (Å²) in [6.45, 7) is 7.37. The van der Waals surface area contributed by atoms with Gasteiger partial charge in [-0.05, 0) is 68.6 Å². The van der Waals surface area contributed by atoms with Crippen LogP contribution in [-0.2, 0) is 13.0 Å². The van der Waals surface area contributed by atoms with Gasteiger partial charge in [0.1, 0.15) is 11.5 Å². The predicted octanol–water partition coefficient (Wildman–Crippen LogP) is 3.31. The van der Waals surface area contributed by atoms with Crippen LogP contribution in [0.1, 0.15) is 45.3 Å². The lowest BCUT2D eigenvalue weighted by Gasteiger charge is -2.32. The maximum absolute atomic E-state index is 12.2. The number of amides is 1. The summed E-state index contributed by atoms with van der Waals surface area (Å²) in [5.41, 5.74) is 2.89. The van der Waals surface area contributed by atoms with Crippen molar-refractivity contribution in [2.75, 3.05) is 27.2 Å². The van der Waals surface area contributed by atoms with Gasteiger partial charge in [0.2, 0.25) is 0 Å². The van der Waals surface area contributed by atoms with E-state index in [0.717, 1.165) is 25.2 Å². The highest BCUT2D eigenvalue weighted by molar-refractivity contribution is 7.10. The van der Waals surface area contributed by atoms with Gasteiger partial charge in [0, 0.05) is 37.8 Å². The Balaban J connectivity index is 1.66. The first kappa shape index (κ1) is 19.0. The molecule has 3 heterocycles. The van der Waals surface area contributed by atoms with Crippen molar-refractivity contribution in [3.63, 3.8) is 0 Å². The summed E-state index contributed by atoms with van der Waals surface area (Å²) in [6, 6.07) is 4.08. The molecule has 2 aromatic heterocycles. The topological polar surface area (TPSA) is 49.3 Å². The van der Waals surface area contributed by atoms with Crippen molar-refractivity contribution < 1.29 is 4.79 Å². The van der Waals surface area contributed by atoms with E-state index >= 15 is 0 Å². The minimum atomic E-state index is -0.0600. The van der Waals surface area contributed by atoms with Gasteiger partial charge in [0.05, 0.1) is 0 Å². The number of aromatic nitrogens is 2. The second kappa shape index (κ2) is 8.27. The molecular formula is C20H28N4OS. The molecule has 0 aromatic carbocycles. The van der Waals surface area contributed by atoms with E-state index in [2.05, 4.69) is 33.2 Å². The number of carbonyl (C=O) groups excluding carboxylic acids is 1. The molecule has 2 aromatic rings. The average Bonchev–Trinajstić information content (AvgIpc) is 2.98. The van der Waals surface area contributed by atoms with Crippen molar-refractivity contribution in [1.29, 1.82) is 0 Å². The van der Waals surface area contributed by atoms with Crippen molar-refractivity contribution in [1.82, 2.24) is 19.8 Å². The van der Waals surface area contributed by atoms with E-state index < -0.39 is 0 Å². The number of likely N-dealkylation sites (tertiary alicyclic amines) is 1. The maximum atomic E-state index is 12.2.